The number of hydrogen-bond acceptors (Lipinski definition) is 4. The maximum absolute atomic E-state index is 13.1. The first-order chi connectivity index (χ1) is 13.5. The van der Waals surface area contributed by atoms with E-state index in [2.05, 4.69) is 23.3 Å². The van der Waals surface area contributed by atoms with E-state index in [4.69, 9.17) is 11.6 Å². The second-order valence-electron chi connectivity index (χ2n) is 7.49. The molecule has 5 nitrogen and oxygen atoms in total. The molecule has 1 fully saturated rings. The van der Waals surface area contributed by atoms with E-state index >= 15 is 0 Å². The molecule has 0 bridgehead atoms. The van der Waals surface area contributed by atoms with Crippen LogP contribution in [0.4, 0.5) is 0 Å². The molecule has 148 valence electrons. The van der Waals surface area contributed by atoms with Crippen molar-refractivity contribution in [2.24, 2.45) is 0 Å². The summed E-state index contributed by atoms with van der Waals surface area (Å²) in [5.74, 6) is 0.394. The molecule has 1 aliphatic rings. The number of halogens is 1. The van der Waals surface area contributed by atoms with Crippen molar-refractivity contribution in [1.29, 1.82) is 0 Å². The van der Waals surface area contributed by atoms with E-state index in [1.807, 2.05) is 12.1 Å². The Morgan fingerprint density at radius 3 is 2.79 bits per heavy atom. The van der Waals surface area contributed by atoms with Gasteiger partial charge in [-0.1, -0.05) is 29.8 Å². The Balaban J connectivity index is 1.76. The summed E-state index contributed by atoms with van der Waals surface area (Å²) in [6, 6.07) is 12.7. The zero-order valence-corrected chi connectivity index (χ0v) is 17.4. The highest BCUT2D eigenvalue weighted by atomic mass is 35.5. The van der Waals surface area contributed by atoms with Crippen LogP contribution in [0.2, 0.25) is 5.02 Å². The molecule has 0 radical (unpaired) electrons. The van der Waals surface area contributed by atoms with E-state index in [-0.39, 0.29) is 4.90 Å². The lowest BCUT2D eigenvalue weighted by atomic mass is 9.87. The summed E-state index contributed by atoms with van der Waals surface area (Å²) in [5.41, 5.74) is 2.54. The fourth-order valence-electron chi connectivity index (χ4n) is 4.01. The molecule has 4 rings (SSSR count). The lowest BCUT2D eigenvalue weighted by molar-refractivity contribution is 0.407. The SMILES string of the molecule is CC1CCC(c2cccc3c2ncn3S(=O)(=O)c2cccc(Cl)c2)CCCN1. The van der Waals surface area contributed by atoms with Crippen LogP contribution in [-0.4, -0.2) is 30.0 Å². The number of fused-ring (bicyclic) bond motifs is 1. The summed E-state index contributed by atoms with van der Waals surface area (Å²) >= 11 is 6.00. The molecule has 1 N–H and O–H groups in total. The Kier molecular flexibility index (Phi) is 5.45. The van der Waals surface area contributed by atoms with Gasteiger partial charge in [-0.3, -0.25) is 0 Å². The van der Waals surface area contributed by atoms with Gasteiger partial charge in [0.1, 0.15) is 6.33 Å². The lowest BCUT2D eigenvalue weighted by Gasteiger charge is -2.24. The molecule has 0 spiro atoms. The zero-order valence-electron chi connectivity index (χ0n) is 15.8. The van der Waals surface area contributed by atoms with Gasteiger partial charge < -0.3 is 5.32 Å². The van der Waals surface area contributed by atoms with Gasteiger partial charge in [-0.15, -0.1) is 0 Å². The molecule has 2 atom stereocenters. The van der Waals surface area contributed by atoms with Crippen molar-refractivity contribution >= 4 is 32.7 Å². The number of para-hydroxylation sites is 1. The third-order valence-electron chi connectivity index (χ3n) is 5.54. The molecule has 1 aliphatic heterocycles. The number of nitrogens with zero attached hydrogens (tertiary/aromatic N) is 2. The van der Waals surface area contributed by atoms with E-state index in [1.165, 1.54) is 16.4 Å². The van der Waals surface area contributed by atoms with Crippen LogP contribution in [0.25, 0.3) is 11.0 Å². The van der Waals surface area contributed by atoms with Gasteiger partial charge >= 0.3 is 0 Å². The smallest absolute Gasteiger partial charge is 0.269 e. The van der Waals surface area contributed by atoms with Gasteiger partial charge in [0.15, 0.2) is 0 Å². The van der Waals surface area contributed by atoms with Crippen molar-refractivity contribution < 1.29 is 8.42 Å². The average molecular weight is 418 g/mol. The highest BCUT2D eigenvalue weighted by Crippen LogP contribution is 2.33. The Labute approximate surface area is 170 Å². The van der Waals surface area contributed by atoms with Crippen molar-refractivity contribution in [1.82, 2.24) is 14.3 Å². The molecular formula is C21H24ClN3O2S. The predicted molar refractivity (Wildman–Crippen MR) is 112 cm³/mol. The number of hydrogen-bond donors (Lipinski definition) is 1. The third kappa shape index (κ3) is 3.69. The Morgan fingerprint density at radius 1 is 1.14 bits per heavy atom. The highest BCUT2D eigenvalue weighted by molar-refractivity contribution is 7.90. The molecule has 7 heteroatoms. The van der Waals surface area contributed by atoms with Crippen LogP contribution >= 0.6 is 11.6 Å². The lowest BCUT2D eigenvalue weighted by Crippen LogP contribution is -2.29. The van der Waals surface area contributed by atoms with Gasteiger partial charge in [-0.2, -0.15) is 0 Å². The van der Waals surface area contributed by atoms with Crippen molar-refractivity contribution in [3.8, 4) is 0 Å². The van der Waals surface area contributed by atoms with Crippen LogP contribution < -0.4 is 5.32 Å². The Morgan fingerprint density at radius 2 is 1.96 bits per heavy atom. The van der Waals surface area contributed by atoms with E-state index in [0.717, 1.165) is 43.3 Å². The quantitative estimate of drug-likeness (QED) is 0.678. The molecule has 2 heterocycles. The summed E-state index contributed by atoms with van der Waals surface area (Å²) in [7, 11) is -3.75. The summed E-state index contributed by atoms with van der Waals surface area (Å²) in [6.07, 6.45) is 5.76. The van der Waals surface area contributed by atoms with E-state index < -0.39 is 10.0 Å². The van der Waals surface area contributed by atoms with Crippen LogP contribution in [0, 0.1) is 0 Å². The topological polar surface area (TPSA) is 64.0 Å². The molecule has 3 aromatic rings. The fraction of sp³-hybridized carbons (Fsp3) is 0.381. The van der Waals surface area contributed by atoms with Crippen molar-refractivity contribution in [3.63, 3.8) is 0 Å². The summed E-state index contributed by atoms with van der Waals surface area (Å²) < 4.78 is 27.6. The molecule has 2 aromatic carbocycles. The Hall–Kier alpha value is -1.89. The van der Waals surface area contributed by atoms with Crippen molar-refractivity contribution in [2.45, 2.75) is 49.5 Å². The van der Waals surface area contributed by atoms with Gasteiger partial charge in [-0.05, 0) is 74.9 Å². The minimum absolute atomic E-state index is 0.163. The molecule has 0 aliphatic carbocycles. The normalized spacial score (nSPS) is 21.4. The van der Waals surface area contributed by atoms with E-state index in [9.17, 15) is 8.42 Å². The van der Waals surface area contributed by atoms with Crippen molar-refractivity contribution in [2.75, 3.05) is 6.54 Å². The molecule has 0 saturated carbocycles. The highest BCUT2D eigenvalue weighted by Gasteiger charge is 2.24. The Bertz CT molecular complexity index is 1090. The number of rotatable bonds is 3. The number of benzene rings is 2. The predicted octanol–water partition coefficient (Wildman–Crippen LogP) is 4.56. The fourth-order valence-corrected chi connectivity index (χ4v) is 5.59. The molecule has 0 amide bonds. The van der Waals surface area contributed by atoms with Gasteiger partial charge in [0.25, 0.3) is 10.0 Å². The first kappa shape index (κ1) is 19.4. The third-order valence-corrected chi connectivity index (χ3v) is 7.43. The van der Waals surface area contributed by atoms with Crippen LogP contribution in [0.1, 0.15) is 44.1 Å². The second kappa shape index (κ2) is 7.85. The maximum Gasteiger partial charge on any atom is 0.269 e. The largest absolute Gasteiger partial charge is 0.314 e. The van der Waals surface area contributed by atoms with Gasteiger partial charge in [0, 0.05) is 11.1 Å². The van der Waals surface area contributed by atoms with Gasteiger partial charge in [0.05, 0.1) is 15.9 Å². The summed E-state index contributed by atoms with van der Waals surface area (Å²) in [5, 5.41) is 3.92. The van der Waals surface area contributed by atoms with Gasteiger partial charge in [-0.25, -0.2) is 17.4 Å². The second-order valence-corrected chi connectivity index (χ2v) is 9.74. The standard InChI is InChI=1S/C21H24ClN3O2S/c1-15-10-11-16(5-4-12-23-15)19-8-3-9-20-21(19)24-14-25(20)28(26,27)18-7-2-6-17(22)13-18/h2-3,6-9,13-16,23H,4-5,10-12H2,1H3. The summed E-state index contributed by atoms with van der Waals surface area (Å²) in [4.78, 5) is 4.68. The number of nitrogens with one attached hydrogen (secondary N) is 1. The van der Waals surface area contributed by atoms with Crippen LogP contribution in [-0.2, 0) is 10.0 Å². The molecule has 1 aromatic heterocycles. The maximum atomic E-state index is 13.1. The molecular weight excluding hydrogens is 394 g/mol. The minimum Gasteiger partial charge on any atom is -0.314 e. The van der Waals surface area contributed by atoms with E-state index in [0.29, 0.717) is 22.5 Å². The average Bonchev–Trinajstić information content (AvgIpc) is 3.10. The first-order valence-electron chi connectivity index (χ1n) is 9.67. The molecule has 28 heavy (non-hydrogen) atoms. The number of imidazole rings is 1. The van der Waals surface area contributed by atoms with Gasteiger partial charge in [0.2, 0.25) is 0 Å². The number of aromatic nitrogens is 2. The monoisotopic (exact) mass is 417 g/mol. The van der Waals surface area contributed by atoms with Crippen LogP contribution in [0.3, 0.4) is 0 Å². The van der Waals surface area contributed by atoms with Crippen LogP contribution in [0.15, 0.2) is 53.7 Å². The molecule has 1 saturated heterocycles. The van der Waals surface area contributed by atoms with Crippen LogP contribution in [0.5, 0.6) is 0 Å². The summed E-state index contributed by atoms with van der Waals surface area (Å²) in [6.45, 7) is 3.24. The minimum atomic E-state index is -3.75. The zero-order chi connectivity index (χ0) is 19.7. The van der Waals surface area contributed by atoms with E-state index in [1.54, 1.807) is 18.2 Å². The van der Waals surface area contributed by atoms with Crippen molar-refractivity contribution in [3.05, 3.63) is 59.4 Å². The first-order valence-corrected chi connectivity index (χ1v) is 11.5. The molecule has 2 unspecified atom stereocenters.